The smallest absolute Gasteiger partial charge is 0.324 e. The Labute approximate surface area is 221 Å². The number of halogens is 2. The van der Waals surface area contributed by atoms with E-state index in [2.05, 4.69) is 31.9 Å². The van der Waals surface area contributed by atoms with E-state index < -0.39 is 11.6 Å². The van der Waals surface area contributed by atoms with Crippen LogP contribution >= 0.6 is 0 Å². The van der Waals surface area contributed by atoms with Gasteiger partial charge in [-0.3, -0.25) is 0 Å². The van der Waals surface area contributed by atoms with Crippen LogP contribution in [0.5, 0.6) is 5.75 Å². The summed E-state index contributed by atoms with van der Waals surface area (Å²) in [7, 11) is 0. The number of hydrogen-bond donors (Lipinski definition) is 1. The normalized spacial score (nSPS) is 21.4. The van der Waals surface area contributed by atoms with Gasteiger partial charge in [0.05, 0.1) is 18.0 Å². The summed E-state index contributed by atoms with van der Waals surface area (Å²) in [5.41, 5.74) is 7.32. The maximum atomic E-state index is 14.4. The highest BCUT2D eigenvalue weighted by Gasteiger charge is 2.35. The van der Waals surface area contributed by atoms with Crippen LogP contribution in [0.25, 0.3) is 0 Å². The van der Waals surface area contributed by atoms with Crippen LogP contribution in [-0.4, -0.2) is 58.4 Å². The minimum atomic E-state index is -0.477. The summed E-state index contributed by atoms with van der Waals surface area (Å²) in [6.07, 6.45) is 3.57. The molecule has 2 aliphatic heterocycles. The summed E-state index contributed by atoms with van der Waals surface area (Å²) in [4.78, 5) is 17.7. The predicted octanol–water partition coefficient (Wildman–Crippen LogP) is 4.18. The van der Waals surface area contributed by atoms with Gasteiger partial charge in [-0.05, 0) is 56.4 Å². The molecule has 38 heavy (non-hydrogen) atoms. The third-order valence-electron chi connectivity index (χ3n) is 7.66. The van der Waals surface area contributed by atoms with Gasteiger partial charge < -0.3 is 24.8 Å². The van der Waals surface area contributed by atoms with Crippen LogP contribution in [0.1, 0.15) is 62.5 Å². The van der Waals surface area contributed by atoms with Gasteiger partial charge in [-0.15, -0.1) is 0 Å². The number of rotatable bonds is 7. The van der Waals surface area contributed by atoms with Crippen molar-refractivity contribution in [2.75, 3.05) is 36.0 Å². The van der Waals surface area contributed by atoms with Gasteiger partial charge in [-0.2, -0.15) is 4.98 Å². The van der Waals surface area contributed by atoms with E-state index in [1.54, 1.807) is 6.20 Å². The third-order valence-corrected chi connectivity index (χ3v) is 7.66. The molecule has 0 unspecified atom stereocenters. The van der Waals surface area contributed by atoms with Gasteiger partial charge in [0.2, 0.25) is 5.95 Å². The van der Waals surface area contributed by atoms with Gasteiger partial charge in [-0.25, -0.2) is 18.7 Å². The molecule has 0 saturated carbocycles. The summed E-state index contributed by atoms with van der Waals surface area (Å²) in [6, 6.07) is 3.71. The maximum Gasteiger partial charge on any atom is 0.324 e. The monoisotopic (exact) mass is 527 g/mol. The molecule has 3 aromatic rings. The van der Waals surface area contributed by atoms with Gasteiger partial charge in [0, 0.05) is 44.1 Å². The number of piperidine rings is 1. The molecule has 2 N–H and O–H groups in total. The molecule has 2 aromatic heterocycles. The second kappa shape index (κ2) is 10.8. The van der Waals surface area contributed by atoms with Crippen molar-refractivity contribution in [3.63, 3.8) is 0 Å². The van der Waals surface area contributed by atoms with Crippen molar-refractivity contribution < 1.29 is 18.0 Å². The van der Waals surface area contributed by atoms with Crippen molar-refractivity contribution in [1.29, 1.82) is 0 Å². The molecular formula is C27H35F2N7O2. The van der Waals surface area contributed by atoms with Crippen molar-refractivity contribution >= 4 is 12.0 Å². The molecule has 3 atom stereocenters. The van der Waals surface area contributed by atoms with Crippen LogP contribution in [0.3, 0.4) is 0 Å². The largest absolute Gasteiger partial charge is 0.487 e. The average molecular weight is 528 g/mol. The molecule has 0 amide bonds. The Balaban J connectivity index is 1.18. The number of nitrogens with two attached hydrogens (primary N) is 1. The summed E-state index contributed by atoms with van der Waals surface area (Å²) in [5, 5.41) is 4.07. The van der Waals surface area contributed by atoms with Gasteiger partial charge in [-0.1, -0.05) is 19.0 Å². The lowest BCUT2D eigenvalue weighted by molar-refractivity contribution is 0.130. The topological polar surface area (TPSA) is 106 Å². The van der Waals surface area contributed by atoms with Gasteiger partial charge in [0.25, 0.3) is 0 Å². The molecule has 2 saturated heterocycles. The number of hydrogen-bond acceptors (Lipinski definition) is 9. The molecule has 5 rings (SSSR count). The molecule has 4 heterocycles. The van der Waals surface area contributed by atoms with E-state index in [0.717, 1.165) is 49.6 Å². The first kappa shape index (κ1) is 26.3. The fraction of sp³-hybridized carbons (Fsp3) is 0.556. The fourth-order valence-electron chi connectivity index (χ4n) is 5.28. The average Bonchev–Trinajstić information content (AvgIpc) is 3.54. The van der Waals surface area contributed by atoms with E-state index in [9.17, 15) is 8.78 Å². The van der Waals surface area contributed by atoms with Crippen LogP contribution < -0.4 is 20.3 Å². The molecule has 1 aromatic carbocycles. The third kappa shape index (κ3) is 5.43. The number of benzene rings is 1. The molecule has 0 spiro atoms. The second-order valence-corrected chi connectivity index (χ2v) is 10.7. The highest BCUT2D eigenvalue weighted by atomic mass is 19.1. The Morgan fingerprint density at radius 2 is 1.84 bits per heavy atom. The zero-order valence-electron chi connectivity index (χ0n) is 22.3. The van der Waals surface area contributed by atoms with Crippen molar-refractivity contribution in [3.05, 3.63) is 53.1 Å². The summed E-state index contributed by atoms with van der Waals surface area (Å²) in [6.45, 7) is 10.6. The van der Waals surface area contributed by atoms with E-state index in [0.29, 0.717) is 36.7 Å². The Morgan fingerprint density at radius 1 is 1.08 bits per heavy atom. The quantitative estimate of drug-likeness (QED) is 0.484. The molecule has 0 bridgehead atoms. The van der Waals surface area contributed by atoms with Crippen molar-refractivity contribution in [2.24, 2.45) is 11.7 Å². The minimum absolute atomic E-state index is 0.0141. The number of aryl methyl sites for hydroxylation is 1. The van der Waals surface area contributed by atoms with Gasteiger partial charge in [0.1, 0.15) is 11.6 Å². The van der Waals surface area contributed by atoms with E-state index in [4.69, 9.17) is 15.0 Å². The van der Waals surface area contributed by atoms with E-state index >= 15 is 0 Å². The molecule has 9 nitrogen and oxygen atoms in total. The predicted molar refractivity (Wildman–Crippen MR) is 139 cm³/mol. The van der Waals surface area contributed by atoms with Crippen molar-refractivity contribution in [2.45, 2.75) is 64.5 Å². The molecule has 0 radical (unpaired) electrons. The SMILES string of the molecule is Cc1nc(N2C[C@H](c3cc(F)ccc3F)[C@@H](N)C2)ncc1O[C@@H](C)C1CCN(c2nc(C(C)C)no2)CC1. The van der Waals surface area contributed by atoms with Gasteiger partial charge in [0.15, 0.2) is 11.6 Å². The molecule has 11 heteroatoms. The van der Waals surface area contributed by atoms with Crippen molar-refractivity contribution in [3.8, 4) is 5.75 Å². The highest BCUT2D eigenvalue weighted by Crippen LogP contribution is 2.32. The summed E-state index contributed by atoms with van der Waals surface area (Å²) in [5.74, 6) is 1.20. The first-order valence-corrected chi connectivity index (χ1v) is 13.2. The zero-order chi connectivity index (χ0) is 27.0. The van der Waals surface area contributed by atoms with Gasteiger partial charge >= 0.3 is 6.01 Å². The number of anilines is 2. The summed E-state index contributed by atoms with van der Waals surface area (Å²) < 4.78 is 39.8. The Bertz CT molecular complexity index is 1260. The number of nitrogens with zero attached hydrogens (tertiary/aromatic N) is 6. The molecule has 2 fully saturated rings. The van der Waals surface area contributed by atoms with E-state index in [-0.39, 0.29) is 29.5 Å². The summed E-state index contributed by atoms with van der Waals surface area (Å²) >= 11 is 0. The van der Waals surface area contributed by atoms with Crippen LogP contribution in [0.4, 0.5) is 20.7 Å². The Morgan fingerprint density at radius 3 is 2.53 bits per heavy atom. The lowest BCUT2D eigenvalue weighted by atomic mass is 9.92. The van der Waals surface area contributed by atoms with Crippen LogP contribution in [0.15, 0.2) is 28.9 Å². The molecule has 0 aliphatic carbocycles. The second-order valence-electron chi connectivity index (χ2n) is 10.7. The first-order valence-electron chi connectivity index (χ1n) is 13.2. The number of ether oxygens (including phenoxy) is 1. The molecule has 2 aliphatic rings. The van der Waals surface area contributed by atoms with Crippen LogP contribution in [0.2, 0.25) is 0 Å². The Hall–Kier alpha value is -3.34. The van der Waals surface area contributed by atoms with Crippen LogP contribution in [-0.2, 0) is 0 Å². The zero-order valence-corrected chi connectivity index (χ0v) is 22.3. The lowest BCUT2D eigenvalue weighted by Gasteiger charge is -2.33. The maximum absolute atomic E-state index is 14.4. The fourth-order valence-corrected chi connectivity index (χ4v) is 5.28. The van der Waals surface area contributed by atoms with Crippen LogP contribution in [0, 0.1) is 24.5 Å². The molecule has 204 valence electrons. The van der Waals surface area contributed by atoms with E-state index in [1.165, 1.54) is 6.07 Å². The van der Waals surface area contributed by atoms with E-state index in [1.807, 2.05) is 25.7 Å². The highest BCUT2D eigenvalue weighted by molar-refractivity contribution is 5.41. The minimum Gasteiger partial charge on any atom is -0.487 e. The first-order chi connectivity index (χ1) is 18.2. The number of aromatic nitrogens is 4. The van der Waals surface area contributed by atoms with Crippen molar-refractivity contribution in [1.82, 2.24) is 20.1 Å². The standard InChI is InChI=1S/C27H35F2N7O2/c1-15(2)25-33-27(38-34-25)35-9-7-18(8-10-35)17(4)37-24-12-31-26(32-16(24)3)36-13-21(23(30)14-36)20-11-19(28)5-6-22(20)29/h5-6,11-12,15,17-18,21,23H,7-10,13-14,30H2,1-4H3/t17-,21+,23-/m0/s1. The lowest BCUT2D eigenvalue weighted by Crippen LogP contribution is -2.39. The Kier molecular flexibility index (Phi) is 7.47. The molecular weight excluding hydrogens is 492 g/mol.